The van der Waals surface area contributed by atoms with Crippen LogP contribution in [0, 0.1) is 11.8 Å². The maximum absolute atomic E-state index is 13.0. The molecular weight excluding hydrogens is 352 g/mol. The van der Waals surface area contributed by atoms with E-state index in [4.69, 9.17) is 4.74 Å². The summed E-state index contributed by atoms with van der Waals surface area (Å²) in [5, 5.41) is 3.34. The normalized spacial score (nSPS) is 21.5. The summed E-state index contributed by atoms with van der Waals surface area (Å²) < 4.78 is 5.45. The van der Waals surface area contributed by atoms with Gasteiger partial charge in [0.15, 0.2) is 0 Å². The number of likely N-dealkylation sites (tertiary alicyclic amines) is 1. The van der Waals surface area contributed by atoms with Gasteiger partial charge in [0.1, 0.15) is 5.60 Å². The van der Waals surface area contributed by atoms with Crippen LogP contribution in [0.25, 0.3) is 0 Å². The number of nitrogens with zero attached hydrogens (tertiary/aromatic N) is 1. The third-order valence-electron chi connectivity index (χ3n) is 5.81. The smallest absolute Gasteiger partial charge is 0.410 e. The van der Waals surface area contributed by atoms with Gasteiger partial charge in [-0.25, -0.2) is 4.79 Å². The molecule has 2 fully saturated rings. The molecule has 0 spiro atoms. The van der Waals surface area contributed by atoms with E-state index < -0.39 is 5.60 Å². The van der Waals surface area contributed by atoms with E-state index in [0.717, 1.165) is 6.42 Å². The summed E-state index contributed by atoms with van der Waals surface area (Å²) in [5.41, 5.74) is 0.752. The molecule has 1 aromatic rings. The molecule has 0 radical (unpaired) electrons. The molecule has 1 heterocycles. The monoisotopic (exact) mass is 386 g/mol. The quantitative estimate of drug-likeness (QED) is 0.827. The summed E-state index contributed by atoms with van der Waals surface area (Å²) in [6, 6.07) is 10.6. The summed E-state index contributed by atoms with van der Waals surface area (Å²) in [5.74, 6) is 0.485. The lowest BCUT2D eigenvalue weighted by atomic mass is 9.91. The Bertz CT molecular complexity index is 662. The summed E-state index contributed by atoms with van der Waals surface area (Å²) in [6.07, 6.45) is 6.13. The maximum atomic E-state index is 13.0. The van der Waals surface area contributed by atoms with Gasteiger partial charge in [0, 0.05) is 19.1 Å². The molecule has 154 valence electrons. The molecule has 0 bridgehead atoms. The summed E-state index contributed by atoms with van der Waals surface area (Å²) in [6.45, 7) is 6.62. The summed E-state index contributed by atoms with van der Waals surface area (Å²) >= 11 is 0. The number of carbonyl (C=O) groups is 2. The Balaban J connectivity index is 1.58. The van der Waals surface area contributed by atoms with Gasteiger partial charge in [0.05, 0.1) is 5.92 Å². The maximum Gasteiger partial charge on any atom is 0.410 e. The van der Waals surface area contributed by atoms with Crippen LogP contribution in [0.2, 0.25) is 0 Å². The second kappa shape index (κ2) is 8.97. The molecule has 1 saturated carbocycles. The Labute approximate surface area is 168 Å². The average Bonchev–Trinajstić information content (AvgIpc) is 3.33. The number of nitrogens with one attached hydrogen (secondary N) is 1. The fourth-order valence-corrected chi connectivity index (χ4v) is 4.33. The lowest BCUT2D eigenvalue weighted by Crippen LogP contribution is -2.45. The van der Waals surface area contributed by atoms with Crippen molar-refractivity contribution in [3.8, 4) is 0 Å². The Morgan fingerprint density at radius 3 is 2.46 bits per heavy atom. The number of benzene rings is 1. The predicted octanol–water partition coefficient (Wildman–Crippen LogP) is 4.16. The molecule has 2 atom stereocenters. The van der Waals surface area contributed by atoms with Crippen molar-refractivity contribution in [2.75, 3.05) is 13.1 Å². The van der Waals surface area contributed by atoms with Crippen LogP contribution in [-0.4, -0.2) is 41.6 Å². The predicted molar refractivity (Wildman–Crippen MR) is 110 cm³/mol. The zero-order valence-corrected chi connectivity index (χ0v) is 17.4. The number of hydrogen-bond donors (Lipinski definition) is 1. The molecule has 1 aliphatic heterocycles. The fraction of sp³-hybridized carbons (Fsp3) is 0.652. The van der Waals surface area contributed by atoms with Crippen LogP contribution in [0.1, 0.15) is 58.4 Å². The van der Waals surface area contributed by atoms with Crippen LogP contribution < -0.4 is 5.32 Å². The van der Waals surface area contributed by atoms with Crippen molar-refractivity contribution in [3.05, 3.63) is 35.9 Å². The molecule has 1 aromatic carbocycles. The van der Waals surface area contributed by atoms with Crippen LogP contribution >= 0.6 is 0 Å². The van der Waals surface area contributed by atoms with Crippen molar-refractivity contribution in [1.82, 2.24) is 10.2 Å². The van der Waals surface area contributed by atoms with Crippen LogP contribution in [0.4, 0.5) is 4.79 Å². The van der Waals surface area contributed by atoms with Gasteiger partial charge in [-0.2, -0.15) is 0 Å². The second-order valence-electron chi connectivity index (χ2n) is 9.26. The molecular formula is C23H34N2O3. The fourth-order valence-electron chi connectivity index (χ4n) is 4.33. The minimum absolute atomic E-state index is 0.0823. The first-order chi connectivity index (χ1) is 13.3. The Morgan fingerprint density at radius 1 is 1.14 bits per heavy atom. The van der Waals surface area contributed by atoms with Crippen molar-refractivity contribution < 1.29 is 14.3 Å². The Morgan fingerprint density at radius 2 is 1.82 bits per heavy atom. The first-order valence-electron chi connectivity index (χ1n) is 10.6. The van der Waals surface area contributed by atoms with Gasteiger partial charge < -0.3 is 15.0 Å². The first kappa shape index (κ1) is 20.7. The van der Waals surface area contributed by atoms with Crippen LogP contribution in [-0.2, 0) is 16.0 Å². The number of rotatable bonds is 5. The van der Waals surface area contributed by atoms with Gasteiger partial charge in [0.2, 0.25) is 5.91 Å². The highest BCUT2D eigenvalue weighted by molar-refractivity contribution is 5.81. The number of hydrogen-bond acceptors (Lipinski definition) is 3. The summed E-state index contributed by atoms with van der Waals surface area (Å²) in [7, 11) is 0. The molecule has 5 nitrogen and oxygen atoms in total. The van der Waals surface area contributed by atoms with Crippen LogP contribution in [0.5, 0.6) is 0 Å². The lowest BCUT2D eigenvalue weighted by molar-refractivity contribution is -0.125. The van der Waals surface area contributed by atoms with Crippen LogP contribution in [0.15, 0.2) is 30.3 Å². The minimum atomic E-state index is -0.513. The summed E-state index contributed by atoms with van der Waals surface area (Å²) in [4.78, 5) is 26.9. The van der Waals surface area contributed by atoms with Crippen molar-refractivity contribution >= 4 is 12.0 Å². The van der Waals surface area contributed by atoms with Gasteiger partial charge >= 0.3 is 6.09 Å². The number of ether oxygens (including phenoxy) is 1. The Kier molecular flexibility index (Phi) is 6.63. The van der Waals surface area contributed by atoms with E-state index in [1.807, 2.05) is 26.8 Å². The minimum Gasteiger partial charge on any atom is -0.444 e. The van der Waals surface area contributed by atoms with Gasteiger partial charge in [-0.3, -0.25) is 4.79 Å². The SMILES string of the molecule is CC(C)(C)OC(=O)N1CCC(C(=O)NC(Cc2ccccc2)C2CCCC2)C1. The van der Waals surface area contributed by atoms with Crippen molar-refractivity contribution in [3.63, 3.8) is 0 Å². The second-order valence-corrected chi connectivity index (χ2v) is 9.26. The van der Waals surface area contributed by atoms with E-state index in [0.29, 0.717) is 25.4 Å². The Hall–Kier alpha value is -2.04. The molecule has 0 aromatic heterocycles. The third-order valence-corrected chi connectivity index (χ3v) is 5.81. The zero-order chi connectivity index (χ0) is 20.1. The molecule has 2 unspecified atom stereocenters. The molecule has 5 heteroatoms. The van der Waals surface area contributed by atoms with E-state index in [1.54, 1.807) is 4.90 Å². The van der Waals surface area contributed by atoms with Crippen molar-refractivity contribution in [2.45, 2.75) is 70.9 Å². The third kappa shape index (κ3) is 5.73. The van der Waals surface area contributed by atoms with E-state index in [-0.39, 0.29) is 24.0 Å². The van der Waals surface area contributed by atoms with Crippen molar-refractivity contribution in [1.29, 1.82) is 0 Å². The molecule has 1 N–H and O–H groups in total. The van der Waals surface area contributed by atoms with E-state index in [2.05, 4.69) is 29.6 Å². The van der Waals surface area contributed by atoms with Gasteiger partial charge in [0.25, 0.3) is 0 Å². The highest BCUT2D eigenvalue weighted by Gasteiger charge is 2.35. The van der Waals surface area contributed by atoms with Crippen molar-refractivity contribution in [2.24, 2.45) is 11.8 Å². The molecule has 2 aliphatic rings. The highest BCUT2D eigenvalue weighted by Crippen LogP contribution is 2.30. The zero-order valence-electron chi connectivity index (χ0n) is 17.4. The van der Waals surface area contributed by atoms with E-state index in [1.165, 1.54) is 31.2 Å². The first-order valence-corrected chi connectivity index (χ1v) is 10.6. The molecule has 1 saturated heterocycles. The van der Waals surface area contributed by atoms with Crippen LogP contribution in [0.3, 0.4) is 0 Å². The highest BCUT2D eigenvalue weighted by atomic mass is 16.6. The topological polar surface area (TPSA) is 58.6 Å². The molecule has 28 heavy (non-hydrogen) atoms. The van der Waals surface area contributed by atoms with E-state index >= 15 is 0 Å². The standard InChI is InChI=1S/C23H34N2O3/c1-23(2,3)28-22(27)25-14-13-19(16-25)21(26)24-20(18-11-7-8-12-18)15-17-9-5-4-6-10-17/h4-6,9-10,18-20H,7-8,11-16H2,1-3H3,(H,24,26). The largest absolute Gasteiger partial charge is 0.444 e. The van der Waals surface area contributed by atoms with E-state index in [9.17, 15) is 9.59 Å². The number of carbonyl (C=O) groups excluding carboxylic acids is 2. The van der Waals surface area contributed by atoms with Gasteiger partial charge in [-0.05, 0) is 57.9 Å². The lowest BCUT2D eigenvalue weighted by Gasteiger charge is -2.27. The van der Waals surface area contributed by atoms with Gasteiger partial charge in [-0.1, -0.05) is 43.2 Å². The van der Waals surface area contributed by atoms with Gasteiger partial charge in [-0.15, -0.1) is 0 Å². The average molecular weight is 387 g/mol. The molecule has 2 amide bonds. The molecule has 1 aliphatic carbocycles. The number of amides is 2. The molecule has 3 rings (SSSR count).